The molecule has 4 nitrogen and oxygen atoms in total. The van der Waals surface area contributed by atoms with E-state index in [9.17, 15) is 13.2 Å². The number of nitrogens with one attached hydrogen (secondary N) is 1. The van der Waals surface area contributed by atoms with Gasteiger partial charge in [-0.2, -0.15) is 0 Å². The fourth-order valence-electron chi connectivity index (χ4n) is 3.74. The molecule has 1 aliphatic carbocycles. The Morgan fingerprint density at radius 1 is 1.07 bits per heavy atom. The molecule has 0 aliphatic heterocycles. The second-order valence-electron chi connectivity index (χ2n) is 7.46. The Balaban J connectivity index is 1.64. The van der Waals surface area contributed by atoms with Gasteiger partial charge >= 0.3 is 0 Å². The van der Waals surface area contributed by atoms with E-state index in [2.05, 4.69) is 37.4 Å². The van der Waals surface area contributed by atoms with Crippen LogP contribution in [0.1, 0.15) is 48.8 Å². The summed E-state index contributed by atoms with van der Waals surface area (Å²) >= 11 is 0. The first kappa shape index (κ1) is 19.6. The molecule has 0 atom stereocenters. The van der Waals surface area contributed by atoms with E-state index in [0.29, 0.717) is 23.4 Å². The number of hydrogen-bond donors (Lipinski definition) is 1. The number of carbonyl (C=O) groups excluding carboxylic acids is 1. The molecular weight excluding hydrogens is 358 g/mol. The average Bonchev–Trinajstić information content (AvgIpc) is 3.17. The number of hydrogen-bond acceptors (Lipinski definition) is 3. The highest BCUT2D eigenvalue weighted by Crippen LogP contribution is 2.30. The van der Waals surface area contributed by atoms with Crippen molar-refractivity contribution in [3.8, 4) is 0 Å². The molecule has 2 aromatic rings. The fraction of sp³-hybridized carbons (Fsp3) is 0.409. The summed E-state index contributed by atoms with van der Waals surface area (Å²) in [4.78, 5) is 12.6. The molecule has 0 bridgehead atoms. The van der Waals surface area contributed by atoms with Crippen molar-refractivity contribution in [2.75, 3.05) is 5.32 Å². The molecular formula is C22H27NO3S. The summed E-state index contributed by atoms with van der Waals surface area (Å²) in [5.74, 6) is -0.106. The minimum absolute atomic E-state index is 0.106. The van der Waals surface area contributed by atoms with Crippen molar-refractivity contribution in [1.29, 1.82) is 0 Å². The number of rotatable bonds is 6. The molecule has 0 spiro atoms. The highest BCUT2D eigenvalue weighted by atomic mass is 32.2. The number of amides is 1. The topological polar surface area (TPSA) is 63.2 Å². The van der Waals surface area contributed by atoms with Crippen molar-refractivity contribution in [3.63, 3.8) is 0 Å². The second kappa shape index (κ2) is 8.26. The lowest BCUT2D eigenvalue weighted by atomic mass is 10.0. The lowest BCUT2D eigenvalue weighted by Crippen LogP contribution is -2.18. The molecule has 0 radical (unpaired) electrons. The predicted octanol–water partition coefficient (Wildman–Crippen LogP) is 4.59. The SMILES string of the molecule is Cc1ccc(CCC(=O)Nc2cccc(S(=O)(=O)C3CCCC3)c2)c(C)c1. The van der Waals surface area contributed by atoms with Gasteiger partial charge in [0.05, 0.1) is 10.1 Å². The van der Waals surface area contributed by atoms with Crippen molar-refractivity contribution in [2.24, 2.45) is 0 Å². The van der Waals surface area contributed by atoms with E-state index in [0.717, 1.165) is 31.2 Å². The van der Waals surface area contributed by atoms with Crippen LogP contribution in [0.5, 0.6) is 0 Å². The van der Waals surface area contributed by atoms with Gasteiger partial charge in [0.2, 0.25) is 5.91 Å². The predicted molar refractivity (Wildman–Crippen MR) is 109 cm³/mol. The zero-order chi connectivity index (χ0) is 19.4. The van der Waals surface area contributed by atoms with Crippen LogP contribution in [0, 0.1) is 13.8 Å². The first-order valence-electron chi connectivity index (χ1n) is 9.56. The molecule has 0 unspecified atom stereocenters. The summed E-state index contributed by atoms with van der Waals surface area (Å²) in [7, 11) is -3.31. The van der Waals surface area contributed by atoms with E-state index < -0.39 is 9.84 Å². The molecule has 2 aromatic carbocycles. The van der Waals surface area contributed by atoms with Crippen molar-refractivity contribution in [3.05, 3.63) is 59.2 Å². The summed E-state index contributed by atoms with van der Waals surface area (Å²) < 4.78 is 25.5. The monoisotopic (exact) mass is 385 g/mol. The van der Waals surface area contributed by atoms with E-state index in [1.54, 1.807) is 24.3 Å². The summed E-state index contributed by atoms with van der Waals surface area (Å²) in [6.45, 7) is 4.10. The number of carbonyl (C=O) groups is 1. The molecule has 0 heterocycles. The van der Waals surface area contributed by atoms with Crippen LogP contribution in [-0.2, 0) is 21.1 Å². The van der Waals surface area contributed by atoms with Gasteiger partial charge < -0.3 is 5.32 Å². The van der Waals surface area contributed by atoms with Crippen LogP contribution in [-0.4, -0.2) is 19.6 Å². The minimum Gasteiger partial charge on any atom is -0.326 e. The first-order valence-corrected chi connectivity index (χ1v) is 11.1. The Bertz CT molecular complexity index is 928. The fourth-order valence-corrected chi connectivity index (χ4v) is 5.64. The Labute approximate surface area is 161 Å². The molecule has 1 aliphatic rings. The van der Waals surface area contributed by atoms with Crippen LogP contribution in [0.4, 0.5) is 5.69 Å². The average molecular weight is 386 g/mol. The van der Waals surface area contributed by atoms with Gasteiger partial charge in [0, 0.05) is 12.1 Å². The molecule has 5 heteroatoms. The zero-order valence-corrected chi connectivity index (χ0v) is 16.8. The van der Waals surface area contributed by atoms with Crippen LogP contribution in [0.2, 0.25) is 0 Å². The van der Waals surface area contributed by atoms with E-state index in [4.69, 9.17) is 0 Å². The number of benzene rings is 2. The van der Waals surface area contributed by atoms with Gasteiger partial charge in [0.15, 0.2) is 9.84 Å². The highest BCUT2D eigenvalue weighted by Gasteiger charge is 2.30. The van der Waals surface area contributed by atoms with Crippen molar-refractivity contribution in [2.45, 2.75) is 62.5 Å². The Morgan fingerprint density at radius 3 is 2.52 bits per heavy atom. The molecule has 1 N–H and O–H groups in total. The summed E-state index contributed by atoms with van der Waals surface area (Å²) in [6, 6.07) is 12.9. The summed E-state index contributed by atoms with van der Waals surface area (Å²) in [5.41, 5.74) is 4.10. The van der Waals surface area contributed by atoms with Gasteiger partial charge in [-0.05, 0) is 62.4 Å². The van der Waals surface area contributed by atoms with Gasteiger partial charge in [-0.25, -0.2) is 8.42 Å². The number of sulfone groups is 1. The molecule has 1 fully saturated rings. The van der Waals surface area contributed by atoms with Crippen molar-refractivity contribution in [1.82, 2.24) is 0 Å². The molecule has 27 heavy (non-hydrogen) atoms. The van der Waals surface area contributed by atoms with Crippen molar-refractivity contribution < 1.29 is 13.2 Å². The maximum Gasteiger partial charge on any atom is 0.224 e. The lowest BCUT2D eigenvalue weighted by molar-refractivity contribution is -0.116. The van der Waals surface area contributed by atoms with Gasteiger partial charge in [-0.15, -0.1) is 0 Å². The van der Waals surface area contributed by atoms with Crippen LogP contribution < -0.4 is 5.32 Å². The zero-order valence-electron chi connectivity index (χ0n) is 16.0. The van der Waals surface area contributed by atoms with Crippen LogP contribution >= 0.6 is 0 Å². The normalized spacial score (nSPS) is 15.0. The van der Waals surface area contributed by atoms with Gasteiger partial charge in [0.1, 0.15) is 0 Å². The van der Waals surface area contributed by atoms with E-state index in [1.165, 1.54) is 11.1 Å². The molecule has 3 rings (SSSR count). The van der Waals surface area contributed by atoms with Crippen LogP contribution in [0.3, 0.4) is 0 Å². The number of aryl methyl sites for hydroxylation is 3. The second-order valence-corrected chi connectivity index (χ2v) is 9.69. The summed E-state index contributed by atoms with van der Waals surface area (Å²) in [5, 5.41) is 2.56. The standard InChI is InChI=1S/C22H27NO3S/c1-16-10-11-18(17(2)14-16)12-13-22(24)23-19-6-5-9-21(15-19)27(25,26)20-7-3-4-8-20/h5-6,9-11,14-15,20H,3-4,7-8,12-13H2,1-2H3,(H,23,24). The Hall–Kier alpha value is -2.14. The third-order valence-corrected chi connectivity index (χ3v) is 7.57. The molecule has 144 valence electrons. The van der Waals surface area contributed by atoms with E-state index in [1.807, 2.05) is 0 Å². The number of anilines is 1. The molecule has 0 saturated heterocycles. The van der Waals surface area contributed by atoms with Gasteiger partial charge in [0.25, 0.3) is 0 Å². The third kappa shape index (κ3) is 4.78. The van der Waals surface area contributed by atoms with E-state index >= 15 is 0 Å². The highest BCUT2D eigenvalue weighted by molar-refractivity contribution is 7.92. The van der Waals surface area contributed by atoms with Gasteiger partial charge in [-0.1, -0.05) is 42.7 Å². The maximum atomic E-state index is 12.7. The molecule has 1 saturated carbocycles. The van der Waals surface area contributed by atoms with Gasteiger partial charge in [-0.3, -0.25) is 4.79 Å². The van der Waals surface area contributed by atoms with Crippen LogP contribution in [0.15, 0.2) is 47.4 Å². The lowest BCUT2D eigenvalue weighted by Gasteiger charge is -2.13. The van der Waals surface area contributed by atoms with Crippen LogP contribution in [0.25, 0.3) is 0 Å². The summed E-state index contributed by atoms with van der Waals surface area (Å²) in [6.07, 6.45) is 4.43. The largest absolute Gasteiger partial charge is 0.326 e. The minimum atomic E-state index is -3.31. The maximum absolute atomic E-state index is 12.7. The third-order valence-electron chi connectivity index (χ3n) is 5.31. The van der Waals surface area contributed by atoms with E-state index in [-0.39, 0.29) is 11.2 Å². The molecule has 1 amide bonds. The first-order chi connectivity index (χ1) is 12.9. The van der Waals surface area contributed by atoms with Crippen molar-refractivity contribution >= 4 is 21.4 Å². The Morgan fingerprint density at radius 2 is 1.81 bits per heavy atom. The smallest absolute Gasteiger partial charge is 0.224 e. The quantitative estimate of drug-likeness (QED) is 0.791. The Kier molecular flexibility index (Phi) is 6.00. The molecule has 0 aromatic heterocycles.